The number of nitrogens with one attached hydrogen (secondary N) is 1. The van der Waals surface area contributed by atoms with Gasteiger partial charge in [0.15, 0.2) is 0 Å². The summed E-state index contributed by atoms with van der Waals surface area (Å²) in [5.74, 6) is -0.910. The van der Waals surface area contributed by atoms with E-state index < -0.39 is 17.4 Å². The van der Waals surface area contributed by atoms with Crippen LogP contribution in [0.2, 0.25) is 0 Å². The van der Waals surface area contributed by atoms with E-state index in [-0.39, 0.29) is 31.4 Å². The lowest BCUT2D eigenvalue weighted by Crippen LogP contribution is -2.43. The van der Waals surface area contributed by atoms with Crippen molar-refractivity contribution in [2.45, 2.75) is 38.1 Å². The van der Waals surface area contributed by atoms with Crippen molar-refractivity contribution in [3.05, 3.63) is 35.9 Å². The fraction of sp³-hybridized carbons (Fsp3) is 0.500. The second-order valence-corrected chi connectivity index (χ2v) is 6.66. The van der Waals surface area contributed by atoms with Crippen LogP contribution < -0.4 is 5.32 Å². The Morgan fingerprint density at radius 2 is 1.88 bits per heavy atom. The Kier molecular flexibility index (Phi) is 4.66. The highest BCUT2D eigenvalue weighted by molar-refractivity contribution is 6.08. The molecular weight excluding hydrogens is 308 g/mol. The van der Waals surface area contributed by atoms with Crippen molar-refractivity contribution >= 4 is 17.7 Å². The molecule has 128 valence electrons. The second-order valence-electron chi connectivity index (χ2n) is 6.66. The molecule has 0 unspecified atom stereocenters. The zero-order chi connectivity index (χ0) is 17.2. The summed E-state index contributed by atoms with van der Waals surface area (Å²) < 4.78 is 0. The second kappa shape index (κ2) is 6.73. The van der Waals surface area contributed by atoms with E-state index >= 15 is 0 Å². The van der Waals surface area contributed by atoms with Gasteiger partial charge in [-0.1, -0.05) is 43.2 Å². The minimum absolute atomic E-state index is 0.208. The first-order valence-electron chi connectivity index (χ1n) is 8.36. The molecule has 2 N–H and O–H groups in total. The molecule has 2 aliphatic rings. The summed E-state index contributed by atoms with van der Waals surface area (Å²) in [6.07, 6.45) is 3.61. The van der Waals surface area contributed by atoms with Crippen molar-refractivity contribution in [1.29, 1.82) is 0 Å². The molecular formula is C18H22N2O4. The highest BCUT2D eigenvalue weighted by Gasteiger charge is 2.52. The topological polar surface area (TPSA) is 86.7 Å². The SMILES string of the molecule is O=C(CN1C(=O)CC2(CCCC2)C1=O)N[C@@H](CO)c1ccccc1. The fourth-order valence-corrected chi connectivity index (χ4v) is 3.77. The van der Waals surface area contributed by atoms with Crippen LogP contribution in [0.3, 0.4) is 0 Å². The van der Waals surface area contributed by atoms with Crippen LogP contribution in [-0.4, -0.2) is 40.9 Å². The van der Waals surface area contributed by atoms with Crippen molar-refractivity contribution in [2.75, 3.05) is 13.2 Å². The van der Waals surface area contributed by atoms with Crippen molar-refractivity contribution < 1.29 is 19.5 Å². The standard InChI is InChI=1S/C18H22N2O4/c21-12-14(13-6-2-1-3-7-13)19-15(22)11-20-16(23)10-18(17(20)24)8-4-5-9-18/h1-3,6-7,14,21H,4-5,8-12H2,(H,19,22)/t14-/m0/s1. The molecule has 1 aromatic carbocycles. The summed E-state index contributed by atoms with van der Waals surface area (Å²) in [5.41, 5.74) is 0.215. The maximum absolute atomic E-state index is 12.6. The van der Waals surface area contributed by atoms with Gasteiger partial charge in [-0.3, -0.25) is 19.3 Å². The molecule has 1 saturated carbocycles. The molecule has 1 atom stereocenters. The van der Waals surface area contributed by atoms with Crippen LogP contribution in [0.25, 0.3) is 0 Å². The summed E-state index contributed by atoms with van der Waals surface area (Å²) in [6.45, 7) is -0.523. The van der Waals surface area contributed by atoms with Crippen LogP contribution in [0.1, 0.15) is 43.7 Å². The van der Waals surface area contributed by atoms with Crippen molar-refractivity contribution in [1.82, 2.24) is 10.2 Å². The molecule has 1 aromatic rings. The van der Waals surface area contributed by atoms with Gasteiger partial charge in [-0.2, -0.15) is 0 Å². The first-order chi connectivity index (χ1) is 11.6. The minimum Gasteiger partial charge on any atom is -0.394 e. The zero-order valence-electron chi connectivity index (χ0n) is 13.5. The molecule has 0 radical (unpaired) electrons. The molecule has 1 spiro atoms. The Labute approximate surface area is 140 Å². The van der Waals surface area contributed by atoms with Gasteiger partial charge >= 0.3 is 0 Å². The van der Waals surface area contributed by atoms with E-state index in [1.54, 1.807) is 12.1 Å². The van der Waals surface area contributed by atoms with Gasteiger partial charge in [0.2, 0.25) is 17.7 Å². The number of carbonyl (C=O) groups is 3. The number of hydrogen-bond donors (Lipinski definition) is 2. The number of benzene rings is 1. The van der Waals surface area contributed by atoms with Crippen molar-refractivity contribution in [3.63, 3.8) is 0 Å². The average Bonchev–Trinajstić information content (AvgIpc) is 3.15. The van der Waals surface area contributed by atoms with E-state index in [0.717, 1.165) is 36.1 Å². The Morgan fingerprint density at radius 3 is 2.50 bits per heavy atom. The predicted octanol–water partition coefficient (Wildman–Crippen LogP) is 1.16. The summed E-state index contributed by atoms with van der Waals surface area (Å²) in [6, 6.07) is 8.56. The Hall–Kier alpha value is -2.21. The maximum Gasteiger partial charge on any atom is 0.240 e. The van der Waals surface area contributed by atoms with Gasteiger partial charge in [0.05, 0.1) is 18.1 Å². The van der Waals surface area contributed by atoms with Gasteiger partial charge in [-0.05, 0) is 18.4 Å². The number of likely N-dealkylation sites (tertiary alicyclic amines) is 1. The van der Waals surface area contributed by atoms with Gasteiger partial charge in [0.1, 0.15) is 6.54 Å². The number of aliphatic hydroxyl groups is 1. The summed E-state index contributed by atoms with van der Waals surface area (Å²) in [4.78, 5) is 38.1. The smallest absolute Gasteiger partial charge is 0.240 e. The lowest BCUT2D eigenvalue weighted by atomic mass is 9.84. The molecule has 1 aliphatic heterocycles. The maximum atomic E-state index is 12.6. The van der Waals surface area contributed by atoms with E-state index in [0.29, 0.717) is 0 Å². The first kappa shape index (κ1) is 16.6. The van der Waals surface area contributed by atoms with Crippen LogP contribution >= 0.6 is 0 Å². The molecule has 2 fully saturated rings. The monoisotopic (exact) mass is 330 g/mol. The predicted molar refractivity (Wildman–Crippen MR) is 86.6 cm³/mol. The highest BCUT2D eigenvalue weighted by Crippen LogP contribution is 2.46. The Balaban J connectivity index is 1.64. The molecule has 0 aromatic heterocycles. The van der Waals surface area contributed by atoms with Crippen LogP contribution in [0.5, 0.6) is 0 Å². The summed E-state index contributed by atoms with van der Waals surface area (Å²) in [5, 5.41) is 12.2. The third-order valence-electron chi connectivity index (χ3n) is 5.07. The number of imide groups is 1. The van der Waals surface area contributed by atoms with E-state index in [1.807, 2.05) is 18.2 Å². The number of hydrogen-bond acceptors (Lipinski definition) is 4. The van der Waals surface area contributed by atoms with Crippen LogP contribution in [0.15, 0.2) is 30.3 Å². The van der Waals surface area contributed by atoms with Gasteiger partial charge in [-0.25, -0.2) is 0 Å². The molecule has 1 aliphatic carbocycles. The van der Waals surface area contributed by atoms with E-state index in [4.69, 9.17) is 0 Å². The quantitative estimate of drug-likeness (QED) is 0.793. The Bertz CT molecular complexity index is 638. The number of rotatable bonds is 5. The number of amides is 3. The van der Waals surface area contributed by atoms with Gasteiger partial charge < -0.3 is 10.4 Å². The van der Waals surface area contributed by atoms with Crippen molar-refractivity contribution in [3.8, 4) is 0 Å². The van der Waals surface area contributed by atoms with E-state index in [2.05, 4.69) is 5.32 Å². The summed E-state index contributed by atoms with van der Waals surface area (Å²) >= 11 is 0. The molecule has 1 saturated heterocycles. The van der Waals surface area contributed by atoms with E-state index in [1.165, 1.54) is 0 Å². The lowest BCUT2D eigenvalue weighted by Gasteiger charge is -2.22. The van der Waals surface area contributed by atoms with Crippen LogP contribution in [-0.2, 0) is 14.4 Å². The van der Waals surface area contributed by atoms with E-state index in [9.17, 15) is 19.5 Å². The third-order valence-corrected chi connectivity index (χ3v) is 5.07. The molecule has 1 heterocycles. The molecule has 3 rings (SSSR count). The van der Waals surface area contributed by atoms with Crippen LogP contribution in [0, 0.1) is 5.41 Å². The lowest BCUT2D eigenvalue weighted by molar-refractivity contribution is -0.145. The first-order valence-corrected chi connectivity index (χ1v) is 8.36. The fourth-order valence-electron chi connectivity index (χ4n) is 3.77. The number of aliphatic hydroxyl groups excluding tert-OH is 1. The molecule has 0 bridgehead atoms. The van der Waals surface area contributed by atoms with Gasteiger partial charge in [0, 0.05) is 6.42 Å². The normalized spacial score (nSPS) is 20.6. The molecule has 24 heavy (non-hydrogen) atoms. The van der Waals surface area contributed by atoms with Gasteiger partial charge in [0.25, 0.3) is 0 Å². The van der Waals surface area contributed by atoms with Gasteiger partial charge in [-0.15, -0.1) is 0 Å². The molecule has 6 nitrogen and oxygen atoms in total. The molecule has 3 amide bonds. The summed E-state index contributed by atoms with van der Waals surface area (Å²) in [7, 11) is 0. The average molecular weight is 330 g/mol. The van der Waals surface area contributed by atoms with Crippen LogP contribution in [0.4, 0.5) is 0 Å². The molecule has 6 heteroatoms. The number of carbonyl (C=O) groups excluding carboxylic acids is 3. The van der Waals surface area contributed by atoms with Crippen molar-refractivity contribution in [2.24, 2.45) is 5.41 Å². The largest absolute Gasteiger partial charge is 0.394 e. The number of nitrogens with zero attached hydrogens (tertiary/aromatic N) is 1. The Morgan fingerprint density at radius 1 is 1.21 bits per heavy atom. The minimum atomic E-state index is -0.562. The zero-order valence-corrected chi connectivity index (χ0v) is 13.5. The third kappa shape index (κ3) is 3.06. The highest BCUT2D eigenvalue weighted by atomic mass is 16.3.